The van der Waals surface area contributed by atoms with Gasteiger partial charge in [0.15, 0.2) is 0 Å². The molecule has 0 amide bonds. The van der Waals surface area contributed by atoms with Gasteiger partial charge in [-0.15, -0.1) is 0 Å². The van der Waals surface area contributed by atoms with Crippen LogP contribution < -0.4 is 4.74 Å². The van der Waals surface area contributed by atoms with Crippen LogP contribution >= 0.6 is 11.6 Å². The second kappa shape index (κ2) is 10.6. The summed E-state index contributed by atoms with van der Waals surface area (Å²) in [6, 6.07) is 22.6. The SMILES string of the molecule is Fc1ccc(OCCn2c(CN3CCN(Cc4ccccc4)CC3)nc3ccc(Cl)cc32)cc1. The van der Waals surface area contributed by atoms with Crippen molar-refractivity contribution in [2.75, 3.05) is 32.8 Å². The number of ether oxygens (including phenoxy) is 1. The van der Waals surface area contributed by atoms with E-state index in [1.807, 2.05) is 18.2 Å². The van der Waals surface area contributed by atoms with Gasteiger partial charge in [-0.1, -0.05) is 41.9 Å². The average molecular weight is 479 g/mol. The Labute approximate surface area is 204 Å². The van der Waals surface area contributed by atoms with E-state index in [1.54, 1.807) is 12.1 Å². The minimum absolute atomic E-state index is 0.270. The van der Waals surface area contributed by atoms with E-state index in [1.165, 1.54) is 17.7 Å². The van der Waals surface area contributed by atoms with E-state index >= 15 is 0 Å². The summed E-state index contributed by atoms with van der Waals surface area (Å²) in [7, 11) is 0. The van der Waals surface area contributed by atoms with Crippen LogP contribution in [-0.4, -0.2) is 52.1 Å². The Morgan fingerprint density at radius 1 is 0.853 bits per heavy atom. The zero-order valence-electron chi connectivity index (χ0n) is 19.0. The summed E-state index contributed by atoms with van der Waals surface area (Å²) in [6.07, 6.45) is 0. The lowest BCUT2D eigenvalue weighted by molar-refractivity contribution is 0.118. The average Bonchev–Trinajstić information content (AvgIpc) is 3.18. The Kier molecular flexibility index (Phi) is 7.09. The number of hydrogen-bond acceptors (Lipinski definition) is 4. The van der Waals surface area contributed by atoms with Gasteiger partial charge in [-0.3, -0.25) is 9.80 Å². The van der Waals surface area contributed by atoms with Crippen LogP contribution in [0.3, 0.4) is 0 Å². The molecule has 0 N–H and O–H groups in total. The van der Waals surface area contributed by atoms with Gasteiger partial charge < -0.3 is 9.30 Å². The fourth-order valence-electron chi connectivity index (χ4n) is 4.45. The third kappa shape index (κ3) is 5.58. The Bertz CT molecular complexity index is 1220. The van der Waals surface area contributed by atoms with Crippen LogP contribution in [0.2, 0.25) is 5.02 Å². The molecule has 1 aliphatic heterocycles. The van der Waals surface area contributed by atoms with Crippen molar-refractivity contribution in [3.63, 3.8) is 0 Å². The molecule has 176 valence electrons. The summed E-state index contributed by atoms with van der Waals surface area (Å²) in [5.74, 6) is 1.39. The van der Waals surface area contributed by atoms with Gasteiger partial charge in [0.05, 0.1) is 24.1 Å². The second-order valence-electron chi connectivity index (χ2n) is 8.65. The molecule has 34 heavy (non-hydrogen) atoms. The molecule has 4 aromatic rings. The Morgan fingerprint density at radius 2 is 1.56 bits per heavy atom. The van der Waals surface area contributed by atoms with Gasteiger partial charge in [0.2, 0.25) is 0 Å². The summed E-state index contributed by atoms with van der Waals surface area (Å²) in [4.78, 5) is 9.88. The maximum atomic E-state index is 13.2. The number of piperazine rings is 1. The molecule has 0 spiro atoms. The molecule has 3 aromatic carbocycles. The van der Waals surface area contributed by atoms with Crippen molar-refractivity contribution in [2.24, 2.45) is 0 Å². The van der Waals surface area contributed by atoms with Crippen molar-refractivity contribution in [2.45, 2.75) is 19.6 Å². The van der Waals surface area contributed by atoms with Crippen LogP contribution in [0.1, 0.15) is 11.4 Å². The van der Waals surface area contributed by atoms with E-state index in [0.717, 1.165) is 56.1 Å². The largest absolute Gasteiger partial charge is 0.492 e. The topological polar surface area (TPSA) is 33.5 Å². The van der Waals surface area contributed by atoms with Crippen molar-refractivity contribution in [3.05, 3.63) is 95.0 Å². The number of hydrogen-bond donors (Lipinski definition) is 0. The van der Waals surface area contributed by atoms with Gasteiger partial charge in [0.1, 0.15) is 24.0 Å². The summed E-state index contributed by atoms with van der Waals surface area (Å²) in [6.45, 7) is 6.95. The lowest BCUT2D eigenvalue weighted by Gasteiger charge is -2.34. The molecule has 0 bridgehead atoms. The van der Waals surface area contributed by atoms with Crippen LogP contribution in [0.4, 0.5) is 4.39 Å². The minimum Gasteiger partial charge on any atom is -0.492 e. The molecule has 0 radical (unpaired) electrons. The van der Waals surface area contributed by atoms with Crippen molar-refractivity contribution < 1.29 is 9.13 Å². The van der Waals surface area contributed by atoms with Gasteiger partial charge in [0, 0.05) is 37.7 Å². The molecule has 0 atom stereocenters. The van der Waals surface area contributed by atoms with Gasteiger partial charge in [-0.05, 0) is 48.0 Å². The second-order valence-corrected chi connectivity index (χ2v) is 9.09. The van der Waals surface area contributed by atoms with Gasteiger partial charge >= 0.3 is 0 Å². The number of fused-ring (bicyclic) bond motifs is 1. The Balaban J connectivity index is 1.25. The number of halogens is 2. The van der Waals surface area contributed by atoms with Crippen LogP contribution in [0.25, 0.3) is 11.0 Å². The predicted octanol–water partition coefficient (Wildman–Crippen LogP) is 5.23. The Hall–Kier alpha value is -2.93. The highest BCUT2D eigenvalue weighted by atomic mass is 35.5. The van der Waals surface area contributed by atoms with Crippen molar-refractivity contribution in [1.29, 1.82) is 0 Å². The maximum Gasteiger partial charge on any atom is 0.124 e. The summed E-state index contributed by atoms with van der Waals surface area (Å²) in [5.41, 5.74) is 3.30. The molecule has 0 saturated carbocycles. The third-order valence-corrected chi connectivity index (χ3v) is 6.50. The molecule has 1 aromatic heterocycles. The highest BCUT2D eigenvalue weighted by Gasteiger charge is 2.20. The van der Waals surface area contributed by atoms with Gasteiger partial charge in [0.25, 0.3) is 0 Å². The molecule has 1 fully saturated rings. The first-order chi connectivity index (χ1) is 16.6. The first kappa shape index (κ1) is 22.8. The molecule has 2 heterocycles. The first-order valence-corrected chi connectivity index (χ1v) is 12.0. The third-order valence-electron chi connectivity index (χ3n) is 6.27. The van der Waals surface area contributed by atoms with Crippen LogP contribution in [-0.2, 0) is 19.6 Å². The number of aromatic nitrogens is 2. The summed E-state index contributed by atoms with van der Waals surface area (Å²) >= 11 is 6.30. The standard InChI is InChI=1S/C27H28ClFN4O/c28-22-6-11-25-26(18-22)33(16-17-34-24-9-7-23(29)8-10-24)27(30-25)20-32-14-12-31(13-15-32)19-21-4-2-1-3-5-21/h1-11,18H,12-17,19-20H2. The molecular weight excluding hydrogens is 451 g/mol. The quantitative estimate of drug-likeness (QED) is 0.347. The van der Waals surface area contributed by atoms with E-state index < -0.39 is 0 Å². The van der Waals surface area contributed by atoms with Crippen molar-refractivity contribution >= 4 is 22.6 Å². The molecule has 0 aliphatic carbocycles. The molecule has 1 aliphatic rings. The van der Waals surface area contributed by atoms with Crippen LogP contribution in [0.15, 0.2) is 72.8 Å². The van der Waals surface area contributed by atoms with Gasteiger partial charge in [-0.2, -0.15) is 0 Å². The van der Waals surface area contributed by atoms with Crippen LogP contribution in [0, 0.1) is 5.82 Å². The number of benzene rings is 3. The van der Waals surface area contributed by atoms with E-state index in [4.69, 9.17) is 21.3 Å². The van der Waals surface area contributed by atoms with Crippen molar-refractivity contribution in [1.82, 2.24) is 19.4 Å². The van der Waals surface area contributed by atoms with E-state index in [0.29, 0.717) is 23.9 Å². The highest BCUT2D eigenvalue weighted by Crippen LogP contribution is 2.22. The fraction of sp³-hybridized carbons (Fsp3) is 0.296. The molecule has 5 rings (SSSR count). The van der Waals surface area contributed by atoms with E-state index in [-0.39, 0.29) is 5.82 Å². The maximum absolute atomic E-state index is 13.2. The molecule has 0 unspecified atom stereocenters. The zero-order valence-corrected chi connectivity index (χ0v) is 19.8. The summed E-state index contributed by atoms with van der Waals surface area (Å²) in [5, 5.41) is 0.689. The van der Waals surface area contributed by atoms with Gasteiger partial charge in [-0.25, -0.2) is 9.37 Å². The summed E-state index contributed by atoms with van der Waals surface area (Å²) < 4.78 is 21.2. The predicted molar refractivity (Wildman–Crippen MR) is 134 cm³/mol. The molecule has 5 nitrogen and oxygen atoms in total. The zero-order chi connectivity index (χ0) is 23.3. The van der Waals surface area contributed by atoms with E-state index in [2.05, 4.69) is 44.7 Å². The smallest absolute Gasteiger partial charge is 0.124 e. The lowest BCUT2D eigenvalue weighted by atomic mass is 10.2. The van der Waals surface area contributed by atoms with Crippen molar-refractivity contribution in [3.8, 4) is 5.75 Å². The normalized spacial score (nSPS) is 15.1. The molecule has 7 heteroatoms. The number of rotatable bonds is 8. The molecular formula is C27H28ClFN4O. The first-order valence-electron chi connectivity index (χ1n) is 11.7. The number of nitrogens with zero attached hydrogens (tertiary/aromatic N) is 4. The highest BCUT2D eigenvalue weighted by molar-refractivity contribution is 6.31. The van der Waals surface area contributed by atoms with E-state index in [9.17, 15) is 4.39 Å². The van der Waals surface area contributed by atoms with Crippen LogP contribution in [0.5, 0.6) is 5.75 Å². The minimum atomic E-state index is -0.270. The lowest BCUT2D eigenvalue weighted by Crippen LogP contribution is -2.45. The number of imidazole rings is 1. The molecule has 1 saturated heterocycles. The fourth-order valence-corrected chi connectivity index (χ4v) is 4.62. The Morgan fingerprint density at radius 3 is 2.29 bits per heavy atom. The monoisotopic (exact) mass is 478 g/mol.